The molecule has 0 aromatic heterocycles. The molecule has 0 saturated heterocycles. The third-order valence-corrected chi connectivity index (χ3v) is 8.44. The summed E-state index contributed by atoms with van der Waals surface area (Å²) in [5, 5.41) is 9.35. The Hall–Kier alpha value is -3.55. The highest BCUT2D eigenvalue weighted by Gasteiger charge is 2.34. The third-order valence-electron chi connectivity index (χ3n) is 7.48. The van der Waals surface area contributed by atoms with Crippen LogP contribution in [0.4, 0.5) is 13.2 Å². The fraction of sp³-hybridized carbons (Fsp3) is 0.424. The Morgan fingerprint density at radius 1 is 1.30 bits per heavy atom. The number of carbonyl (C=O) groups excluding carboxylic acids is 1. The minimum Gasteiger partial charge on any atom is -0.478 e. The Morgan fingerprint density at radius 3 is 2.72 bits per heavy atom. The Balaban J connectivity index is 1.47. The zero-order chi connectivity index (χ0) is 30.7. The van der Waals surface area contributed by atoms with Gasteiger partial charge < -0.3 is 20.3 Å². The second-order valence-corrected chi connectivity index (χ2v) is 12.2. The standard InChI is InChI=1S/C33H37F3N4O2S/c1-5-6-21(3)42-30(37-4)19-40-18-28(26-15-24(33(34,35)36)13-7-20(26)2)27(16-29(40)23-11-12-23)31(41)39-32-38-17-25(43-32)14-10-22-8-9-22/h6-7,13,15-18,22,30,32,37-38H,5,8-9,11-12,19H2,1-4H3,(H,39,41)/b21-6+. The predicted octanol–water partition coefficient (Wildman–Crippen LogP) is 6.51. The number of likely N-dealkylation sites (N-methyl/N-ethyl adjacent to an activating group) is 1. The van der Waals surface area contributed by atoms with E-state index >= 15 is 0 Å². The molecular weight excluding hydrogens is 573 g/mol. The highest BCUT2D eigenvalue weighted by molar-refractivity contribution is 8.04. The molecule has 1 aromatic carbocycles. The van der Waals surface area contributed by atoms with Crippen LogP contribution in [0.25, 0.3) is 5.57 Å². The number of ether oxygens (including phenoxy) is 1. The molecule has 2 aliphatic heterocycles. The number of hydrogen-bond acceptors (Lipinski definition) is 6. The average Bonchev–Trinajstić information content (AvgIpc) is 3.90. The fourth-order valence-corrected chi connectivity index (χ4v) is 5.67. The lowest BCUT2D eigenvalue weighted by molar-refractivity contribution is -0.137. The van der Waals surface area contributed by atoms with Gasteiger partial charge in [0.2, 0.25) is 0 Å². The third kappa shape index (κ3) is 7.89. The van der Waals surface area contributed by atoms with E-state index in [4.69, 9.17) is 4.74 Å². The van der Waals surface area contributed by atoms with Crippen LogP contribution in [0.2, 0.25) is 0 Å². The van der Waals surface area contributed by atoms with Crippen LogP contribution in [0, 0.1) is 24.7 Å². The molecule has 2 unspecified atom stereocenters. The molecule has 2 heterocycles. The number of benzene rings is 1. The first-order chi connectivity index (χ1) is 20.5. The molecule has 6 nitrogen and oxygen atoms in total. The second-order valence-electron chi connectivity index (χ2n) is 11.1. The normalized spacial score (nSPS) is 20.8. The van der Waals surface area contributed by atoms with Crippen molar-refractivity contribution < 1.29 is 22.7 Å². The number of amides is 1. The summed E-state index contributed by atoms with van der Waals surface area (Å²) < 4.78 is 47.5. The van der Waals surface area contributed by atoms with Crippen molar-refractivity contribution in [1.29, 1.82) is 0 Å². The molecule has 10 heteroatoms. The van der Waals surface area contributed by atoms with Crippen LogP contribution < -0.4 is 16.0 Å². The first kappa shape index (κ1) is 30.9. The topological polar surface area (TPSA) is 65.6 Å². The van der Waals surface area contributed by atoms with Crippen molar-refractivity contribution in [3.8, 4) is 11.8 Å². The van der Waals surface area contributed by atoms with E-state index in [-0.39, 0.29) is 12.1 Å². The molecule has 4 aliphatic rings. The van der Waals surface area contributed by atoms with Gasteiger partial charge in [-0.1, -0.05) is 36.6 Å². The summed E-state index contributed by atoms with van der Waals surface area (Å²) in [7, 11) is 1.80. The zero-order valence-corrected chi connectivity index (χ0v) is 25.6. The van der Waals surface area contributed by atoms with Crippen molar-refractivity contribution in [2.45, 2.75) is 70.8 Å². The van der Waals surface area contributed by atoms with Crippen molar-refractivity contribution in [1.82, 2.24) is 20.9 Å². The summed E-state index contributed by atoms with van der Waals surface area (Å²) in [6, 6.07) is 3.66. The lowest BCUT2D eigenvalue weighted by Crippen LogP contribution is -2.42. The summed E-state index contributed by atoms with van der Waals surface area (Å²) in [5.74, 6) is 7.25. The van der Waals surface area contributed by atoms with E-state index in [1.165, 1.54) is 23.4 Å². The molecule has 228 valence electrons. The van der Waals surface area contributed by atoms with E-state index in [2.05, 4.69) is 27.8 Å². The van der Waals surface area contributed by atoms with E-state index in [0.29, 0.717) is 34.7 Å². The van der Waals surface area contributed by atoms with Crippen molar-refractivity contribution >= 4 is 23.2 Å². The number of carbonyl (C=O) groups is 1. The molecule has 2 fully saturated rings. The Labute approximate surface area is 255 Å². The second kappa shape index (κ2) is 13.0. The van der Waals surface area contributed by atoms with Crippen molar-refractivity contribution in [3.63, 3.8) is 0 Å². The van der Waals surface area contributed by atoms with Crippen molar-refractivity contribution in [3.05, 3.63) is 86.9 Å². The molecule has 0 spiro atoms. The maximum absolute atomic E-state index is 13.9. The van der Waals surface area contributed by atoms with E-state index < -0.39 is 17.2 Å². The number of nitrogens with zero attached hydrogens (tertiary/aromatic N) is 1. The highest BCUT2D eigenvalue weighted by atomic mass is 32.2. The largest absolute Gasteiger partial charge is 0.478 e. The van der Waals surface area contributed by atoms with Gasteiger partial charge in [0, 0.05) is 29.6 Å². The SMILES string of the molecule is CC/C=C(\C)OC(CN1C=C(c2cc(C(F)(F)F)ccc2C)C(C(=O)NC2NC=C(C#CC3CC3)S2)=CC1=C1CC1)NC. The summed E-state index contributed by atoms with van der Waals surface area (Å²) in [5.41, 5.74) is 2.59. The van der Waals surface area contributed by atoms with Gasteiger partial charge in [-0.05, 0) is 94.0 Å². The van der Waals surface area contributed by atoms with Gasteiger partial charge in [-0.3, -0.25) is 10.1 Å². The Bertz CT molecular complexity index is 1490. The number of alkyl halides is 3. The van der Waals surface area contributed by atoms with Crippen LogP contribution in [0.5, 0.6) is 0 Å². The lowest BCUT2D eigenvalue weighted by atomic mass is 9.90. The van der Waals surface area contributed by atoms with E-state index in [0.717, 1.165) is 60.6 Å². The highest BCUT2D eigenvalue weighted by Crippen LogP contribution is 2.41. The van der Waals surface area contributed by atoms with Crippen molar-refractivity contribution in [2.24, 2.45) is 5.92 Å². The molecule has 0 bridgehead atoms. The molecule has 2 aliphatic carbocycles. The van der Waals surface area contributed by atoms with Crippen LogP contribution in [-0.2, 0) is 15.7 Å². The number of hydrogen-bond donors (Lipinski definition) is 3. The van der Waals surface area contributed by atoms with Crippen molar-refractivity contribution in [2.75, 3.05) is 13.6 Å². The smallest absolute Gasteiger partial charge is 0.416 e. The van der Waals surface area contributed by atoms with Gasteiger partial charge in [-0.2, -0.15) is 13.2 Å². The summed E-state index contributed by atoms with van der Waals surface area (Å²) >= 11 is 1.42. The molecule has 2 atom stereocenters. The first-order valence-corrected chi connectivity index (χ1v) is 15.5. The molecule has 5 rings (SSSR count). The maximum Gasteiger partial charge on any atom is 0.416 e. The maximum atomic E-state index is 13.9. The number of rotatable bonds is 9. The number of allylic oxidation sites excluding steroid dienone is 5. The van der Waals surface area contributed by atoms with Gasteiger partial charge in [0.15, 0.2) is 11.7 Å². The number of nitrogens with one attached hydrogen (secondary N) is 3. The average molecular weight is 611 g/mol. The van der Waals surface area contributed by atoms with E-state index in [9.17, 15) is 18.0 Å². The molecule has 3 N–H and O–H groups in total. The van der Waals surface area contributed by atoms with Gasteiger partial charge in [0.05, 0.1) is 28.3 Å². The molecular formula is C33H37F3N4O2S. The van der Waals surface area contributed by atoms with Crippen LogP contribution in [-0.4, -0.2) is 36.1 Å². The Morgan fingerprint density at radius 2 is 2.07 bits per heavy atom. The minimum atomic E-state index is -4.52. The van der Waals surface area contributed by atoms with E-state index in [1.54, 1.807) is 26.4 Å². The summed E-state index contributed by atoms with van der Waals surface area (Å²) in [4.78, 5) is 16.7. The van der Waals surface area contributed by atoms with Gasteiger partial charge in [-0.25, -0.2) is 0 Å². The van der Waals surface area contributed by atoms with Crippen LogP contribution >= 0.6 is 11.8 Å². The summed E-state index contributed by atoms with van der Waals surface area (Å²) in [6.07, 6.45) is 7.37. The number of thioether (sulfide) groups is 1. The van der Waals surface area contributed by atoms with Crippen LogP contribution in [0.1, 0.15) is 62.6 Å². The monoisotopic (exact) mass is 610 g/mol. The fourth-order valence-electron chi connectivity index (χ4n) is 4.86. The van der Waals surface area contributed by atoms with Gasteiger partial charge in [0.25, 0.3) is 5.91 Å². The first-order valence-electron chi connectivity index (χ1n) is 14.6. The van der Waals surface area contributed by atoms with Crippen LogP contribution in [0.15, 0.2) is 70.3 Å². The summed E-state index contributed by atoms with van der Waals surface area (Å²) in [6.45, 7) is 6.08. The molecule has 0 radical (unpaired) electrons. The Kier molecular flexibility index (Phi) is 9.33. The van der Waals surface area contributed by atoms with Gasteiger partial charge in [-0.15, -0.1) is 0 Å². The lowest BCUT2D eigenvalue weighted by Gasteiger charge is -2.33. The number of halogens is 3. The zero-order valence-electron chi connectivity index (χ0n) is 24.8. The quantitative estimate of drug-likeness (QED) is 0.168. The van der Waals surface area contributed by atoms with E-state index in [1.807, 2.05) is 30.9 Å². The van der Waals surface area contributed by atoms with Gasteiger partial charge >= 0.3 is 6.18 Å². The van der Waals surface area contributed by atoms with Gasteiger partial charge in [0.1, 0.15) is 0 Å². The predicted molar refractivity (Wildman–Crippen MR) is 164 cm³/mol. The van der Waals surface area contributed by atoms with Crippen LogP contribution in [0.3, 0.4) is 0 Å². The molecule has 2 saturated carbocycles. The minimum absolute atomic E-state index is 0.317. The number of aryl methyl sites for hydroxylation is 1. The molecule has 43 heavy (non-hydrogen) atoms. The molecule has 1 aromatic rings. The molecule has 1 amide bonds.